The van der Waals surface area contributed by atoms with Crippen molar-refractivity contribution in [3.8, 4) is 0 Å². The van der Waals surface area contributed by atoms with Crippen LogP contribution in [-0.2, 0) is 0 Å². The average molecular weight is 295 g/mol. The smallest absolute Gasteiger partial charge is 0.0679 e. The molecule has 0 aliphatic carbocycles. The van der Waals surface area contributed by atoms with Crippen molar-refractivity contribution in [3.63, 3.8) is 0 Å². The minimum atomic E-state index is 0.278. The van der Waals surface area contributed by atoms with Gasteiger partial charge in [0.1, 0.15) is 0 Å². The number of hydrogen-bond donors (Lipinski definition) is 1. The van der Waals surface area contributed by atoms with Crippen molar-refractivity contribution in [2.75, 3.05) is 6.54 Å². The number of aryl methyl sites for hydroxylation is 2. The van der Waals surface area contributed by atoms with Crippen LogP contribution in [0.25, 0.3) is 10.8 Å². The Morgan fingerprint density at radius 1 is 0.952 bits per heavy atom. The monoisotopic (exact) mass is 295 g/mol. The molecule has 2 heteroatoms. The van der Waals surface area contributed by atoms with Gasteiger partial charge in [-0.1, -0.05) is 43.3 Å². The molecule has 2 aromatic carbocycles. The van der Waals surface area contributed by atoms with Crippen LogP contribution in [0.4, 0.5) is 0 Å². The molecule has 1 aromatic heterocycles. The van der Waals surface area contributed by atoms with Gasteiger partial charge in [0.05, 0.1) is 6.04 Å². The second kappa shape index (κ2) is 6.00. The van der Waals surface area contributed by atoms with Crippen molar-refractivity contribution >= 4 is 22.1 Å². The Labute approximate surface area is 130 Å². The van der Waals surface area contributed by atoms with E-state index in [1.165, 1.54) is 32.3 Å². The van der Waals surface area contributed by atoms with Crippen molar-refractivity contribution in [3.05, 3.63) is 69.4 Å². The molecule has 0 saturated heterocycles. The fourth-order valence-electron chi connectivity index (χ4n) is 2.95. The van der Waals surface area contributed by atoms with Crippen molar-refractivity contribution < 1.29 is 0 Å². The van der Waals surface area contributed by atoms with E-state index in [4.69, 9.17) is 0 Å². The summed E-state index contributed by atoms with van der Waals surface area (Å²) in [6.45, 7) is 7.52. The van der Waals surface area contributed by atoms with Crippen LogP contribution < -0.4 is 5.32 Å². The third kappa shape index (κ3) is 2.61. The highest BCUT2D eigenvalue weighted by Gasteiger charge is 2.19. The Morgan fingerprint density at radius 2 is 1.71 bits per heavy atom. The Bertz CT molecular complexity index is 757. The molecule has 0 radical (unpaired) electrons. The molecule has 3 aromatic rings. The normalized spacial score (nSPS) is 12.7. The molecule has 1 atom stereocenters. The molecule has 3 rings (SSSR count). The molecule has 0 aliphatic rings. The Balaban J connectivity index is 2.21. The Morgan fingerprint density at radius 3 is 2.38 bits per heavy atom. The highest BCUT2D eigenvalue weighted by Crippen LogP contribution is 2.34. The van der Waals surface area contributed by atoms with Gasteiger partial charge in [-0.3, -0.25) is 0 Å². The van der Waals surface area contributed by atoms with Gasteiger partial charge in [0.25, 0.3) is 0 Å². The van der Waals surface area contributed by atoms with Crippen LogP contribution in [0.5, 0.6) is 0 Å². The lowest BCUT2D eigenvalue weighted by atomic mass is 9.94. The third-order valence-corrected chi connectivity index (χ3v) is 5.14. The van der Waals surface area contributed by atoms with Gasteiger partial charge in [-0.05, 0) is 59.3 Å². The predicted molar refractivity (Wildman–Crippen MR) is 93.3 cm³/mol. The SMILES string of the molecule is CCNC(c1sccc1C)c1ccc(C)c2ccccc12. The van der Waals surface area contributed by atoms with E-state index in [-0.39, 0.29) is 6.04 Å². The van der Waals surface area contributed by atoms with Crippen LogP contribution in [0.15, 0.2) is 47.8 Å². The molecule has 108 valence electrons. The number of fused-ring (bicyclic) bond motifs is 1. The van der Waals surface area contributed by atoms with Crippen LogP contribution in [-0.4, -0.2) is 6.54 Å². The molecule has 1 heterocycles. The second-order valence-electron chi connectivity index (χ2n) is 5.48. The van der Waals surface area contributed by atoms with Gasteiger partial charge < -0.3 is 5.32 Å². The van der Waals surface area contributed by atoms with Crippen molar-refractivity contribution in [1.29, 1.82) is 0 Å². The van der Waals surface area contributed by atoms with Crippen LogP contribution in [0.3, 0.4) is 0 Å². The topological polar surface area (TPSA) is 12.0 Å². The lowest BCUT2D eigenvalue weighted by Gasteiger charge is -2.21. The first-order valence-corrected chi connectivity index (χ1v) is 8.36. The van der Waals surface area contributed by atoms with Gasteiger partial charge >= 0.3 is 0 Å². The standard InChI is InChI=1S/C19H21NS/c1-4-20-18(19-14(3)11-12-21-19)17-10-9-13(2)15-7-5-6-8-16(15)17/h5-12,18,20H,4H2,1-3H3. The lowest BCUT2D eigenvalue weighted by molar-refractivity contribution is 0.641. The van der Waals surface area contributed by atoms with E-state index < -0.39 is 0 Å². The second-order valence-corrected chi connectivity index (χ2v) is 6.42. The summed E-state index contributed by atoms with van der Waals surface area (Å²) in [7, 11) is 0. The molecule has 0 bridgehead atoms. The van der Waals surface area contributed by atoms with Gasteiger partial charge in [-0.15, -0.1) is 11.3 Å². The van der Waals surface area contributed by atoms with Crippen molar-refractivity contribution in [1.82, 2.24) is 5.32 Å². The molecule has 0 amide bonds. The molecular weight excluding hydrogens is 274 g/mol. The lowest BCUT2D eigenvalue weighted by Crippen LogP contribution is -2.22. The maximum atomic E-state index is 3.66. The van der Waals surface area contributed by atoms with E-state index >= 15 is 0 Å². The summed E-state index contributed by atoms with van der Waals surface area (Å²) in [5.74, 6) is 0. The van der Waals surface area contributed by atoms with Crippen LogP contribution >= 0.6 is 11.3 Å². The summed E-state index contributed by atoms with van der Waals surface area (Å²) in [5.41, 5.74) is 4.09. The molecule has 0 saturated carbocycles. The number of nitrogens with one attached hydrogen (secondary N) is 1. The highest BCUT2D eigenvalue weighted by molar-refractivity contribution is 7.10. The van der Waals surface area contributed by atoms with Crippen LogP contribution in [0.1, 0.15) is 34.5 Å². The molecule has 0 fully saturated rings. The van der Waals surface area contributed by atoms with Crippen LogP contribution in [0.2, 0.25) is 0 Å². The van der Waals surface area contributed by atoms with Gasteiger partial charge in [-0.2, -0.15) is 0 Å². The summed E-state index contributed by atoms with van der Waals surface area (Å²) in [5, 5.41) is 8.56. The Hall–Kier alpha value is -1.64. The zero-order valence-electron chi connectivity index (χ0n) is 12.8. The van der Waals surface area contributed by atoms with Crippen LogP contribution in [0, 0.1) is 13.8 Å². The number of rotatable bonds is 4. The minimum absolute atomic E-state index is 0.278. The molecule has 0 spiro atoms. The zero-order chi connectivity index (χ0) is 14.8. The Kier molecular flexibility index (Phi) is 4.09. The quantitative estimate of drug-likeness (QED) is 0.696. The fourth-order valence-corrected chi connectivity index (χ4v) is 3.97. The highest BCUT2D eigenvalue weighted by atomic mass is 32.1. The third-order valence-electron chi connectivity index (χ3n) is 4.06. The van der Waals surface area contributed by atoms with Crippen molar-refractivity contribution in [2.45, 2.75) is 26.8 Å². The van der Waals surface area contributed by atoms with Crippen molar-refractivity contribution in [2.24, 2.45) is 0 Å². The first-order valence-electron chi connectivity index (χ1n) is 7.48. The summed E-state index contributed by atoms with van der Waals surface area (Å²) in [6, 6.07) is 15.7. The van der Waals surface area contributed by atoms with E-state index in [0.29, 0.717) is 0 Å². The summed E-state index contributed by atoms with van der Waals surface area (Å²) in [4.78, 5) is 1.42. The molecular formula is C19H21NS. The van der Waals surface area contributed by atoms with E-state index in [0.717, 1.165) is 6.54 Å². The number of benzene rings is 2. The maximum absolute atomic E-state index is 3.66. The average Bonchev–Trinajstić information content (AvgIpc) is 2.92. The van der Waals surface area contributed by atoms with E-state index in [1.807, 2.05) is 11.3 Å². The largest absolute Gasteiger partial charge is 0.306 e. The molecule has 1 unspecified atom stereocenters. The predicted octanol–water partition coefficient (Wildman–Crippen LogP) is 5.22. The van der Waals surface area contributed by atoms with E-state index in [1.54, 1.807) is 0 Å². The number of hydrogen-bond acceptors (Lipinski definition) is 2. The summed E-state index contributed by atoms with van der Waals surface area (Å²) >= 11 is 1.84. The number of thiophene rings is 1. The van der Waals surface area contributed by atoms with Gasteiger partial charge in [0, 0.05) is 4.88 Å². The maximum Gasteiger partial charge on any atom is 0.0679 e. The first kappa shape index (κ1) is 14.3. The molecule has 0 aliphatic heterocycles. The van der Waals surface area contributed by atoms with Gasteiger partial charge in [0.15, 0.2) is 0 Å². The fraction of sp³-hybridized carbons (Fsp3) is 0.263. The molecule has 1 nitrogen and oxygen atoms in total. The van der Waals surface area contributed by atoms with Gasteiger partial charge in [0.2, 0.25) is 0 Å². The molecule has 21 heavy (non-hydrogen) atoms. The van der Waals surface area contributed by atoms with E-state index in [2.05, 4.69) is 73.9 Å². The first-order chi connectivity index (χ1) is 10.2. The van der Waals surface area contributed by atoms with E-state index in [9.17, 15) is 0 Å². The summed E-state index contributed by atoms with van der Waals surface area (Å²) < 4.78 is 0. The zero-order valence-corrected chi connectivity index (χ0v) is 13.6. The molecule has 1 N–H and O–H groups in total. The summed E-state index contributed by atoms with van der Waals surface area (Å²) in [6.07, 6.45) is 0. The minimum Gasteiger partial charge on any atom is -0.306 e. The van der Waals surface area contributed by atoms with Gasteiger partial charge in [-0.25, -0.2) is 0 Å².